The lowest BCUT2D eigenvalue weighted by molar-refractivity contribution is 0.268. The maximum Gasteiger partial charge on any atom is 0.225 e. The predicted octanol–water partition coefficient (Wildman–Crippen LogP) is 6.44. The van der Waals surface area contributed by atoms with Crippen molar-refractivity contribution in [2.45, 2.75) is 19.8 Å². The molecule has 1 aromatic heterocycles. The molecule has 0 amide bonds. The third kappa shape index (κ3) is 6.24. The van der Waals surface area contributed by atoms with Crippen molar-refractivity contribution in [1.82, 2.24) is 4.98 Å². The fraction of sp³-hybridized carbons (Fsp3) is 0.115. The topological polar surface area (TPSA) is 57.4 Å². The first-order chi connectivity index (χ1) is 15.2. The van der Waals surface area contributed by atoms with Crippen LogP contribution in [0.15, 0.2) is 91.0 Å². The zero-order chi connectivity index (χ0) is 21.5. The van der Waals surface area contributed by atoms with E-state index in [1.807, 2.05) is 91.0 Å². The number of pyridine rings is 1. The molecule has 4 nitrogen and oxygen atoms in total. The molecule has 6 heteroatoms. The van der Waals surface area contributed by atoms with Crippen molar-refractivity contribution in [3.05, 3.63) is 113 Å². The normalized spacial score (nSPS) is 10.3. The van der Waals surface area contributed by atoms with E-state index in [0.717, 1.165) is 27.8 Å². The molecule has 0 fully saturated rings. The van der Waals surface area contributed by atoms with Crippen LogP contribution in [0.3, 0.4) is 0 Å². The minimum absolute atomic E-state index is 0. The van der Waals surface area contributed by atoms with Crippen LogP contribution < -0.4 is 15.2 Å². The van der Waals surface area contributed by atoms with Gasteiger partial charge in [-0.05, 0) is 46.5 Å². The maximum absolute atomic E-state index is 6.31. The summed E-state index contributed by atoms with van der Waals surface area (Å²) < 4.78 is 12.0. The van der Waals surface area contributed by atoms with Gasteiger partial charge in [0.25, 0.3) is 0 Å². The van der Waals surface area contributed by atoms with Gasteiger partial charge < -0.3 is 15.2 Å². The van der Waals surface area contributed by atoms with Crippen molar-refractivity contribution in [2.75, 3.05) is 0 Å². The molecule has 0 bridgehead atoms. The molecule has 0 aliphatic carbocycles. The average molecular weight is 467 g/mol. The van der Waals surface area contributed by atoms with Crippen molar-refractivity contribution >= 4 is 24.0 Å². The molecule has 32 heavy (non-hydrogen) atoms. The number of aromatic nitrogens is 1. The second-order valence-corrected chi connectivity index (χ2v) is 7.54. The number of nitrogens with two attached hydrogens (primary N) is 1. The van der Waals surface area contributed by atoms with E-state index in [1.54, 1.807) is 0 Å². The quantitative estimate of drug-likeness (QED) is 0.324. The van der Waals surface area contributed by atoms with E-state index in [-0.39, 0.29) is 12.4 Å². The Bertz CT molecular complexity index is 1140. The van der Waals surface area contributed by atoms with Crippen molar-refractivity contribution in [1.29, 1.82) is 0 Å². The van der Waals surface area contributed by atoms with E-state index < -0.39 is 0 Å². The Morgan fingerprint density at radius 2 is 1.34 bits per heavy atom. The van der Waals surface area contributed by atoms with Crippen LogP contribution in [0.2, 0.25) is 5.02 Å². The van der Waals surface area contributed by atoms with Gasteiger partial charge in [-0.1, -0.05) is 72.3 Å². The highest BCUT2D eigenvalue weighted by atomic mass is 35.5. The zero-order valence-corrected chi connectivity index (χ0v) is 19.0. The number of nitrogens with zero attached hydrogens (tertiary/aromatic N) is 1. The maximum atomic E-state index is 6.31. The van der Waals surface area contributed by atoms with E-state index >= 15 is 0 Å². The second-order valence-electron chi connectivity index (χ2n) is 7.10. The summed E-state index contributed by atoms with van der Waals surface area (Å²) >= 11 is 6.31. The van der Waals surface area contributed by atoms with E-state index in [4.69, 9.17) is 26.8 Å². The Morgan fingerprint density at radius 3 is 1.97 bits per heavy atom. The van der Waals surface area contributed by atoms with E-state index in [0.29, 0.717) is 36.5 Å². The summed E-state index contributed by atoms with van der Waals surface area (Å²) in [5.74, 6) is 0.983. The second kappa shape index (κ2) is 11.5. The largest absolute Gasteiger partial charge is 0.473 e. The molecule has 4 aromatic rings. The summed E-state index contributed by atoms with van der Waals surface area (Å²) in [6.07, 6.45) is 0. The molecule has 0 radical (unpaired) electrons. The van der Waals surface area contributed by atoms with Crippen LogP contribution in [0.4, 0.5) is 0 Å². The molecule has 0 atom stereocenters. The summed E-state index contributed by atoms with van der Waals surface area (Å²) in [5, 5.41) is 0.622. The minimum atomic E-state index is 0. The van der Waals surface area contributed by atoms with E-state index in [9.17, 15) is 0 Å². The molecular weight excluding hydrogens is 443 g/mol. The Morgan fingerprint density at radius 1 is 0.719 bits per heavy atom. The van der Waals surface area contributed by atoms with Gasteiger partial charge in [-0.25, -0.2) is 0 Å². The Balaban J connectivity index is 0.00000289. The molecule has 1 heterocycles. The SMILES string of the molecule is Cl.NCc1cc(Cl)cc(-c2ccc(OCc3ccccc3)nc2OCc2ccccc2)c1. The predicted molar refractivity (Wildman–Crippen MR) is 131 cm³/mol. The van der Waals surface area contributed by atoms with Crippen LogP contribution in [-0.2, 0) is 19.8 Å². The summed E-state index contributed by atoms with van der Waals surface area (Å²) in [7, 11) is 0. The summed E-state index contributed by atoms with van der Waals surface area (Å²) in [5.41, 5.74) is 10.6. The number of rotatable bonds is 8. The first-order valence-electron chi connectivity index (χ1n) is 10.1. The van der Waals surface area contributed by atoms with Crippen LogP contribution in [0.1, 0.15) is 16.7 Å². The standard InChI is InChI=1S/C26H23ClN2O2.ClH/c27-23-14-21(16-28)13-22(15-23)24-11-12-25(30-17-19-7-3-1-4-8-19)29-26(24)31-18-20-9-5-2-6-10-20;/h1-15H,16-18,28H2;1H. The van der Waals surface area contributed by atoms with Gasteiger partial charge >= 0.3 is 0 Å². The van der Waals surface area contributed by atoms with Gasteiger partial charge in [0.1, 0.15) is 13.2 Å². The first kappa shape index (κ1) is 23.6. The lowest BCUT2D eigenvalue weighted by atomic mass is 10.0. The lowest BCUT2D eigenvalue weighted by Gasteiger charge is -2.14. The van der Waals surface area contributed by atoms with E-state index in [2.05, 4.69) is 4.98 Å². The lowest BCUT2D eigenvalue weighted by Crippen LogP contribution is -2.03. The minimum Gasteiger partial charge on any atom is -0.473 e. The summed E-state index contributed by atoms with van der Waals surface area (Å²) in [4.78, 5) is 4.65. The fourth-order valence-electron chi connectivity index (χ4n) is 3.21. The van der Waals surface area contributed by atoms with Crippen LogP contribution in [0.5, 0.6) is 11.8 Å². The molecule has 0 aliphatic rings. The molecule has 0 spiro atoms. The van der Waals surface area contributed by atoms with Crippen LogP contribution >= 0.6 is 24.0 Å². The summed E-state index contributed by atoms with van der Waals surface area (Å²) in [6.45, 7) is 1.23. The molecule has 2 N–H and O–H groups in total. The van der Waals surface area contributed by atoms with E-state index in [1.165, 1.54) is 0 Å². The third-order valence-corrected chi connectivity index (χ3v) is 5.01. The third-order valence-electron chi connectivity index (χ3n) is 4.79. The average Bonchev–Trinajstić information content (AvgIpc) is 2.82. The first-order valence-corrected chi connectivity index (χ1v) is 10.4. The van der Waals surface area contributed by atoms with Gasteiger partial charge in [-0.15, -0.1) is 12.4 Å². The van der Waals surface area contributed by atoms with Crippen molar-refractivity contribution < 1.29 is 9.47 Å². The number of hydrogen-bond acceptors (Lipinski definition) is 4. The highest BCUT2D eigenvalue weighted by Crippen LogP contribution is 2.33. The number of hydrogen-bond donors (Lipinski definition) is 1. The van der Waals surface area contributed by atoms with Gasteiger partial charge in [-0.2, -0.15) is 4.98 Å². The number of benzene rings is 3. The highest BCUT2D eigenvalue weighted by molar-refractivity contribution is 6.31. The Hall–Kier alpha value is -3.05. The molecule has 0 aliphatic heterocycles. The Labute approximate surface area is 199 Å². The summed E-state index contributed by atoms with van der Waals surface area (Å²) in [6, 6.07) is 29.5. The van der Waals surface area contributed by atoms with Crippen molar-refractivity contribution in [3.63, 3.8) is 0 Å². The van der Waals surface area contributed by atoms with Crippen LogP contribution in [-0.4, -0.2) is 4.98 Å². The van der Waals surface area contributed by atoms with Crippen LogP contribution in [0.25, 0.3) is 11.1 Å². The van der Waals surface area contributed by atoms with Crippen molar-refractivity contribution in [2.24, 2.45) is 5.73 Å². The molecule has 164 valence electrons. The monoisotopic (exact) mass is 466 g/mol. The smallest absolute Gasteiger partial charge is 0.225 e. The van der Waals surface area contributed by atoms with Gasteiger partial charge in [-0.3, -0.25) is 0 Å². The van der Waals surface area contributed by atoms with Gasteiger partial charge in [0.05, 0.1) is 0 Å². The number of ether oxygens (including phenoxy) is 2. The molecule has 3 aromatic carbocycles. The van der Waals surface area contributed by atoms with Crippen LogP contribution in [0, 0.1) is 0 Å². The molecule has 0 unspecified atom stereocenters. The zero-order valence-electron chi connectivity index (χ0n) is 17.4. The number of halogens is 2. The highest BCUT2D eigenvalue weighted by Gasteiger charge is 2.13. The van der Waals surface area contributed by atoms with Gasteiger partial charge in [0.15, 0.2) is 0 Å². The molecule has 0 saturated carbocycles. The molecule has 4 rings (SSSR count). The van der Waals surface area contributed by atoms with Gasteiger partial charge in [0.2, 0.25) is 11.8 Å². The molecular formula is C26H24Cl2N2O2. The fourth-order valence-corrected chi connectivity index (χ4v) is 3.47. The Kier molecular flexibility index (Phi) is 8.51. The van der Waals surface area contributed by atoms with Crippen molar-refractivity contribution in [3.8, 4) is 22.9 Å². The van der Waals surface area contributed by atoms with Gasteiger partial charge in [0, 0.05) is 23.2 Å². The molecule has 0 saturated heterocycles.